The Bertz CT molecular complexity index is 1320. The average Bonchev–Trinajstić information content (AvgIpc) is 2.92. The fourth-order valence-corrected chi connectivity index (χ4v) is 7.60. The highest BCUT2D eigenvalue weighted by molar-refractivity contribution is 7.89. The molecule has 2 aliphatic rings. The molecule has 1 N–H and O–H groups in total. The number of methoxy groups -OCH3 is 1. The largest absolute Gasteiger partial charge is 0.496 e. The number of sulfonamides is 2. The second-order valence-corrected chi connectivity index (χ2v) is 13.1. The van der Waals surface area contributed by atoms with Crippen LogP contribution in [0.15, 0.2) is 52.3 Å². The van der Waals surface area contributed by atoms with Gasteiger partial charge < -0.3 is 14.8 Å². The molecule has 2 aromatic rings. The second kappa shape index (κ2) is 11.5. The van der Waals surface area contributed by atoms with E-state index in [4.69, 9.17) is 9.47 Å². The van der Waals surface area contributed by atoms with E-state index in [9.17, 15) is 21.6 Å². The number of nitrogens with zero attached hydrogens (tertiary/aromatic N) is 2. The number of aryl methyl sites for hydroxylation is 1. The van der Waals surface area contributed by atoms with Gasteiger partial charge in [-0.3, -0.25) is 4.79 Å². The van der Waals surface area contributed by atoms with Crippen molar-refractivity contribution in [3.63, 3.8) is 0 Å². The first-order valence-electron chi connectivity index (χ1n) is 12.2. The third kappa shape index (κ3) is 6.15. The monoisotopic (exact) mass is 551 g/mol. The van der Waals surface area contributed by atoms with Crippen LogP contribution in [0, 0.1) is 12.8 Å². The van der Waals surface area contributed by atoms with E-state index in [1.807, 2.05) is 0 Å². The molecule has 12 heteroatoms. The van der Waals surface area contributed by atoms with Crippen molar-refractivity contribution < 1.29 is 31.1 Å². The Kier molecular flexibility index (Phi) is 8.54. The molecule has 0 unspecified atom stereocenters. The minimum absolute atomic E-state index is 0.107. The smallest absolute Gasteiger partial charge is 0.243 e. The average molecular weight is 552 g/mol. The van der Waals surface area contributed by atoms with Crippen molar-refractivity contribution in [3.05, 3.63) is 53.6 Å². The molecule has 2 aromatic carbocycles. The Hall–Kier alpha value is -2.51. The Balaban J connectivity index is 1.36. The summed E-state index contributed by atoms with van der Waals surface area (Å²) in [5.41, 5.74) is 1.47. The molecule has 1 amide bonds. The van der Waals surface area contributed by atoms with Gasteiger partial charge in [0.15, 0.2) is 0 Å². The Morgan fingerprint density at radius 3 is 2.27 bits per heavy atom. The van der Waals surface area contributed by atoms with Gasteiger partial charge in [-0.25, -0.2) is 16.8 Å². The lowest BCUT2D eigenvalue weighted by atomic mass is 9.99. The summed E-state index contributed by atoms with van der Waals surface area (Å²) in [6.07, 6.45) is 1.18. The molecule has 202 valence electrons. The number of hydrogen-bond donors (Lipinski definition) is 1. The molecule has 0 aromatic heterocycles. The fraction of sp³-hybridized carbons (Fsp3) is 0.480. The topological polar surface area (TPSA) is 122 Å². The standard InChI is InChI=1S/C25H33N3O7S2/c1-19-16-23(9-10-24(19)34-2)37(32,33)28-11-3-4-21(18-28)25(29)26-17-20-5-7-22(8-6-20)36(30,31)27-12-14-35-15-13-27/h5-10,16,21H,3-4,11-15,17-18H2,1-2H3,(H,26,29)/t21-/m1/s1. The van der Waals surface area contributed by atoms with E-state index in [0.29, 0.717) is 51.4 Å². The summed E-state index contributed by atoms with van der Waals surface area (Å²) < 4.78 is 65.2. The molecule has 10 nitrogen and oxygen atoms in total. The van der Waals surface area contributed by atoms with Gasteiger partial charge >= 0.3 is 0 Å². The maximum atomic E-state index is 13.2. The number of piperidine rings is 1. The fourth-order valence-electron chi connectivity index (χ4n) is 4.58. The lowest BCUT2D eigenvalue weighted by Crippen LogP contribution is -2.45. The zero-order valence-corrected chi connectivity index (χ0v) is 22.7. The van der Waals surface area contributed by atoms with Crippen LogP contribution in [-0.2, 0) is 36.1 Å². The van der Waals surface area contributed by atoms with Crippen LogP contribution in [0.5, 0.6) is 5.75 Å². The number of rotatable bonds is 8. The van der Waals surface area contributed by atoms with Crippen LogP contribution in [0.3, 0.4) is 0 Å². The number of benzene rings is 2. The normalized spacial score (nSPS) is 19.9. The van der Waals surface area contributed by atoms with Gasteiger partial charge in [0.1, 0.15) is 5.75 Å². The summed E-state index contributed by atoms with van der Waals surface area (Å²) in [6.45, 7) is 3.88. The van der Waals surface area contributed by atoms with Gasteiger partial charge in [0, 0.05) is 32.7 Å². The molecule has 2 fully saturated rings. The minimum atomic E-state index is -3.74. The van der Waals surface area contributed by atoms with Gasteiger partial charge in [-0.1, -0.05) is 12.1 Å². The van der Waals surface area contributed by atoms with Crippen LogP contribution in [-0.4, -0.2) is 77.9 Å². The van der Waals surface area contributed by atoms with Crippen molar-refractivity contribution in [2.75, 3.05) is 46.5 Å². The van der Waals surface area contributed by atoms with Crippen LogP contribution < -0.4 is 10.1 Å². The summed E-state index contributed by atoms with van der Waals surface area (Å²) in [7, 11) is -5.79. The van der Waals surface area contributed by atoms with Crippen molar-refractivity contribution >= 4 is 26.0 Å². The second-order valence-electron chi connectivity index (χ2n) is 9.21. The molecule has 0 saturated carbocycles. The first kappa shape index (κ1) is 27.5. The molecule has 4 rings (SSSR count). The number of hydrogen-bond acceptors (Lipinski definition) is 7. The van der Waals surface area contributed by atoms with Gasteiger partial charge in [0.2, 0.25) is 26.0 Å². The van der Waals surface area contributed by atoms with Crippen molar-refractivity contribution in [2.45, 2.75) is 36.1 Å². The Morgan fingerprint density at radius 1 is 0.973 bits per heavy atom. The molecular weight excluding hydrogens is 518 g/mol. The zero-order chi connectivity index (χ0) is 26.6. The maximum Gasteiger partial charge on any atom is 0.243 e. The van der Waals surface area contributed by atoms with E-state index in [-0.39, 0.29) is 28.8 Å². The van der Waals surface area contributed by atoms with E-state index in [1.165, 1.54) is 33.9 Å². The van der Waals surface area contributed by atoms with Crippen molar-refractivity contribution in [3.8, 4) is 5.75 Å². The summed E-state index contributed by atoms with van der Waals surface area (Å²) in [5.74, 6) is -0.0822. The van der Waals surface area contributed by atoms with Crippen LogP contribution >= 0.6 is 0 Å². The lowest BCUT2D eigenvalue weighted by Gasteiger charge is -2.31. The molecular formula is C25H33N3O7S2. The zero-order valence-electron chi connectivity index (χ0n) is 21.1. The van der Waals surface area contributed by atoms with Crippen molar-refractivity contribution in [1.29, 1.82) is 0 Å². The number of carbonyl (C=O) groups is 1. The van der Waals surface area contributed by atoms with Gasteiger partial charge in [0.25, 0.3) is 0 Å². The van der Waals surface area contributed by atoms with Gasteiger partial charge in [0.05, 0.1) is 36.0 Å². The SMILES string of the molecule is COc1ccc(S(=O)(=O)N2CCC[C@@H](C(=O)NCc3ccc(S(=O)(=O)N4CCOCC4)cc3)C2)cc1C. The highest BCUT2D eigenvalue weighted by Crippen LogP contribution is 2.27. The van der Waals surface area contributed by atoms with Crippen LogP contribution in [0.4, 0.5) is 0 Å². The first-order valence-corrected chi connectivity index (χ1v) is 15.1. The van der Waals surface area contributed by atoms with E-state index in [1.54, 1.807) is 31.2 Å². The van der Waals surface area contributed by atoms with E-state index in [2.05, 4.69) is 5.32 Å². The molecule has 2 heterocycles. The number of amides is 1. The number of morpholine rings is 1. The molecule has 2 saturated heterocycles. The minimum Gasteiger partial charge on any atom is -0.496 e. The van der Waals surface area contributed by atoms with Crippen LogP contribution in [0.2, 0.25) is 0 Å². The van der Waals surface area contributed by atoms with Gasteiger partial charge in [-0.05, 0) is 61.2 Å². The number of ether oxygens (including phenoxy) is 2. The lowest BCUT2D eigenvalue weighted by molar-refractivity contribution is -0.126. The van der Waals surface area contributed by atoms with Crippen molar-refractivity contribution in [1.82, 2.24) is 13.9 Å². The molecule has 1 atom stereocenters. The van der Waals surface area contributed by atoms with Crippen LogP contribution in [0.25, 0.3) is 0 Å². The third-order valence-electron chi connectivity index (χ3n) is 6.76. The predicted molar refractivity (Wildman–Crippen MR) is 137 cm³/mol. The van der Waals surface area contributed by atoms with Crippen LogP contribution in [0.1, 0.15) is 24.0 Å². The highest BCUT2D eigenvalue weighted by Gasteiger charge is 2.33. The third-order valence-corrected chi connectivity index (χ3v) is 10.5. The molecule has 0 aliphatic carbocycles. The van der Waals surface area contributed by atoms with E-state index in [0.717, 1.165) is 11.1 Å². The first-order chi connectivity index (χ1) is 17.6. The summed E-state index contributed by atoms with van der Waals surface area (Å²) in [5, 5.41) is 2.87. The van der Waals surface area contributed by atoms with Crippen molar-refractivity contribution in [2.24, 2.45) is 5.92 Å². The quantitative estimate of drug-likeness (QED) is 0.530. The molecule has 0 radical (unpaired) electrons. The number of nitrogens with one attached hydrogen (secondary N) is 1. The summed E-state index contributed by atoms with van der Waals surface area (Å²) in [6, 6.07) is 11.2. The Labute approximate surface area is 218 Å². The highest BCUT2D eigenvalue weighted by atomic mass is 32.2. The summed E-state index contributed by atoms with van der Waals surface area (Å²) in [4.78, 5) is 13.3. The molecule has 0 spiro atoms. The molecule has 37 heavy (non-hydrogen) atoms. The van der Waals surface area contributed by atoms with E-state index < -0.39 is 26.0 Å². The molecule has 2 aliphatic heterocycles. The molecule has 0 bridgehead atoms. The number of carbonyl (C=O) groups excluding carboxylic acids is 1. The van der Waals surface area contributed by atoms with Gasteiger partial charge in [-0.2, -0.15) is 8.61 Å². The maximum absolute atomic E-state index is 13.2. The van der Waals surface area contributed by atoms with E-state index >= 15 is 0 Å². The van der Waals surface area contributed by atoms with Gasteiger partial charge in [-0.15, -0.1) is 0 Å². The summed E-state index contributed by atoms with van der Waals surface area (Å²) >= 11 is 0. The predicted octanol–water partition coefficient (Wildman–Crippen LogP) is 1.74. The Morgan fingerprint density at radius 2 is 1.62 bits per heavy atom.